The maximum absolute atomic E-state index is 11.7. The fourth-order valence-electron chi connectivity index (χ4n) is 1.30. The fraction of sp³-hybridized carbons (Fsp3) is 0.250. The molecule has 19 heavy (non-hydrogen) atoms. The second kappa shape index (κ2) is 6.41. The minimum atomic E-state index is -3.75. The summed E-state index contributed by atoms with van der Waals surface area (Å²) in [6.45, 7) is 1.65. The van der Waals surface area contributed by atoms with Gasteiger partial charge in [0, 0.05) is 21.9 Å². The molecule has 0 radical (unpaired) electrons. The number of benzene rings is 1. The van der Waals surface area contributed by atoms with Crippen LogP contribution in [-0.2, 0) is 19.4 Å². The molecule has 0 amide bonds. The Bertz CT molecular complexity index is 600. The van der Waals surface area contributed by atoms with Gasteiger partial charge in [-0.15, -0.1) is 0 Å². The van der Waals surface area contributed by atoms with E-state index in [0.29, 0.717) is 0 Å². The standard InChI is InChI=1S/C12H12Cl2O4S/c1-3-18-12(15)11(19(2,16)17)7-8-9(13)5-4-6-10(8)14/h4-7H,3H2,1-2H3. The Kier molecular flexibility index (Phi) is 5.40. The molecular formula is C12H12Cl2O4S. The number of hydrogen-bond acceptors (Lipinski definition) is 4. The number of carbonyl (C=O) groups excluding carboxylic acids is 1. The van der Waals surface area contributed by atoms with E-state index in [1.807, 2.05) is 0 Å². The summed E-state index contributed by atoms with van der Waals surface area (Å²) >= 11 is 11.9. The summed E-state index contributed by atoms with van der Waals surface area (Å²) in [7, 11) is -3.75. The zero-order valence-electron chi connectivity index (χ0n) is 10.3. The van der Waals surface area contributed by atoms with Gasteiger partial charge in [0.15, 0.2) is 14.7 Å². The van der Waals surface area contributed by atoms with Crippen molar-refractivity contribution in [3.63, 3.8) is 0 Å². The minimum Gasteiger partial charge on any atom is -0.462 e. The molecule has 0 aliphatic carbocycles. The highest BCUT2D eigenvalue weighted by Crippen LogP contribution is 2.27. The van der Waals surface area contributed by atoms with Gasteiger partial charge in [-0.2, -0.15) is 0 Å². The van der Waals surface area contributed by atoms with Gasteiger partial charge in [-0.25, -0.2) is 13.2 Å². The molecule has 0 N–H and O–H groups in total. The van der Waals surface area contributed by atoms with Gasteiger partial charge in [0.05, 0.1) is 6.61 Å². The topological polar surface area (TPSA) is 60.4 Å². The molecule has 0 saturated carbocycles. The van der Waals surface area contributed by atoms with Crippen LogP contribution in [0.5, 0.6) is 0 Å². The number of halogens is 2. The van der Waals surface area contributed by atoms with Crippen molar-refractivity contribution in [2.24, 2.45) is 0 Å². The van der Waals surface area contributed by atoms with Crippen molar-refractivity contribution in [2.75, 3.05) is 12.9 Å². The third kappa shape index (κ3) is 4.23. The van der Waals surface area contributed by atoms with Crippen LogP contribution < -0.4 is 0 Å². The lowest BCUT2D eigenvalue weighted by atomic mass is 10.2. The molecule has 4 nitrogen and oxygen atoms in total. The van der Waals surface area contributed by atoms with Gasteiger partial charge in [0.1, 0.15) is 0 Å². The van der Waals surface area contributed by atoms with E-state index in [4.69, 9.17) is 27.9 Å². The molecule has 0 fully saturated rings. The average Bonchev–Trinajstić information content (AvgIpc) is 2.26. The predicted octanol–water partition coefficient (Wildman–Crippen LogP) is 2.94. The van der Waals surface area contributed by atoms with Crippen LogP contribution in [0.2, 0.25) is 10.0 Å². The third-order valence-electron chi connectivity index (χ3n) is 2.15. The molecule has 1 aromatic rings. The van der Waals surface area contributed by atoms with Crippen molar-refractivity contribution in [3.8, 4) is 0 Å². The number of esters is 1. The number of rotatable bonds is 4. The van der Waals surface area contributed by atoms with Crippen LogP contribution >= 0.6 is 23.2 Å². The van der Waals surface area contributed by atoms with Crippen LogP contribution in [0.3, 0.4) is 0 Å². The molecule has 0 aliphatic rings. The van der Waals surface area contributed by atoms with Crippen LogP contribution in [0.1, 0.15) is 12.5 Å². The van der Waals surface area contributed by atoms with Crippen molar-refractivity contribution in [1.29, 1.82) is 0 Å². The Morgan fingerprint density at radius 1 is 1.32 bits per heavy atom. The second-order valence-electron chi connectivity index (χ2n) is 3.64. The van der Waals surface area contributed by atoms with E-state index in [1.165, 1.54) is 0 Å². The van der Waals surface area contributed by atoms with Crippen LogP contribution in [0.25, 0.3) is 6.08 Å². The van der Waals surface area contributed by atoms with Gasteiger partial charge in [0.25, 0.3) is 0 Å². The Morgan fingerprint density at radius 3 is 2.26 bits per heavy atom. The van der Waals surface area contributed by atoms with Crippen molar-refractivity contribution in [2.45, 2.75) is 6.92 Å². The van der Waals surface area contributed by atoms with Gasteiger partial charge in [-0.3, -0.25) is 0 Å². The van der Waals surface area contributed by atoms with Crippen molar-refractivity contribution in [3.05, 3.63) is 38.7 Å². The van der Waals surface area contributed by atoms with Gasteiger partial charge >= 0.3 is 5.97 Å². The molecule has 1 aromatic carbocycles. The average molecular weight is 323 g/mol. The van der Waals surface area contributed by atoms with E-state index in [0.717, 1.165) is 12.3 Å². The van der Waals surface area contributed by atoms with Crippen molar-refractivity contribution >= 4 is 45.1 Å². The smallest absolute Gasteiger partial charge is 0.349 e. The molecule has 1 rings (SSSR count). The summed E-state index contributed by atoms with van der Waals surface area (Å²) < 4.78 is 27.9. The molecule has 0 spiro atoms. The van der Waals surface area contributed by atoms with E-state index in [-0.39, 0.29) is 22.2 Å². The normalized spacial score (nSPS) is 12.3. The van der Waals surface area contributed by atoms with Gasteiger partial charge in [-0.1, -0.05) is 29.3 Å². The SMILES string of the molecule is CCOC(=O)C(=Cc1c(Cl)cccc1Cl)S(C)(=O)=O. The Labute approximate surface area is 121 Å². The first-order chi connectivity index (χ1) is 8.77. The minimum absolute atomic E-state index is 0.0714. The van der Waals surface area contributed by atoms with Crippen LogP contribution in [0.15, 0.2) is 23.1 Å². The lowest BCUT2D eigenvalue weighted by molar-refractivity contribution is -0.137. The second-order valence-corrected chi connectivity index (χ2v) is 6.44. The maximum atomic E-state index is 11.7. The molecule has 104 valence electrons. The van der Waals surface area contributed by atoms with E-state index in [9.17, 15) is 13.2 Å². The largest absolute Gasteiger partial charge is 0.462 e. The summed E-state index contributed by atoms with van der Waals surface area (Å²) in [6.07, 6.45) is 2.04. The fourth-order valence-corrected chi connectivity index (χ4v) is 2.50. The molecular weight excluding hydrogens is 311 g/mol. The predicted molar refractivity (Wildman–Crippen MR) is 75.9 cm³/mol. The Morgan fingerprint density at radius 2 is 1.84 bits per heavy atom. The first-order valence-corrected chi connectivity index (χ1v) is 7.95. The lowest BCUT2D eigenvalue weighted by Crippen LogP contribution is -2.15. The summed E-state index contributed by atoms with van der Waals surface area (Å²) in [6, 6.07) is 4.71. The molecule has 0 aliphatic heterocycles. The number of hydrogen-bond donors (Lipinski definition) is 0. The van der Waals surface area contributed by atoms with E-state index >= 15 is 0 Å². The highest BCUT2D eigenvalue weighted by atomic mass is 35.5. The number of sulfone groups is 1. The molecule has 7 heteroatoms. The van der Waals surface area contributed by atoms with Crippen molar-refractivity contribution in [1.82, 2.24) is 0 Å². The van der Waals surface area contributed by atoms with Crippen LogP contribution in [0, 0.1) is 0 Å². The van der Waals surface area contributed by atoms with E-state index < -0.39 is 20.7 Å². The summed E-state index contributed by atoms with van der Waals surface area (Å²) in [5.41, 5.74) is 0.263. The zero-order chi connectivity index (χ0) is 14.6. The lowest BCUT2D eigenvalue weighted by Gasteiger charge is -2.07. The Hall–Kier alpha value is -1.04. The van der Waals surface area contributed by atoms with E-state index in [2.05, 4.69) is 0 Å². The summed E-state index contributed by atoms with van der Waals surface area (Å²) in [5, 5.41) is 0.496. The van der Waals surface area contributed by atoms with Crippen LogP contribution in [-0.4, -0.2) is 27.2 Å². The monoisotopic (exact) mass is 322 g/mol. The number of carbonyl (C=O) groups is 1. The first kappa shape index (κ1) is 16.0. The van der Waals surface area contributed by atoms with Gasteiger partial charge in [-0.05, 0) is 25.1 Å². The molecule has 0 aromatic heterocycles. The highest BCUT2D eigenvalue weighted by Gasteiger charge is 2.22. The maximum Gasteiger partial charge on any atom is 0.349 e. The molecule has 0 unspecified atom stereocenters. The molecule has 0 heterocycles. The van der Waals surface area contributed by atoms with Gasteiger partial charge < -0.3 is 4.74 Å². The third-order valence-corrected chi connectivity index (χ3v) is 3.89. The quantitative estimate of drug-likeness (QED) is 0.631. The molecule has 0 saturated heterocycles. The first-order valence-electron chi connectivity index (χ1n) is 5.30. The summed E-state index contributed by atoms with van der Waals surface area (Å²) in [5.74, 6) is -0.930. The Balaban J connectivity index is 3.41. The zero-order valence-corrected chi connectivity index (χ0v) is 12.6. The molecule has 0 atom stereocenters. The van der Waals surface area contributed by atoms with Crippen LogP contribution in [0.4, 0.5) is 0 Å². The summed E-state index contributed by atoms with van der Waals surface area (Å²) in [4.78, 5) is 11.2. The molecule has 0 bridgehead atoms. The van der Waals surface area contributed by atoms with Crippen molar-refractivity contribution < 1.29 is 17.9 Å². The highest BCUT2D eigenvalue weighted by molar-refractivity contribution is 7.95. The number of ether oxygens (including phenoxy) is 1. The van der Waals surface area contributed by atoms with Gasteiger partial charge in [0.2, 0.25) is 0 Å². The van der Waals surface area contributed by atoms with E-state index in [1.54, 1.807) is 25.1 Å².